The first-order valence-electron chi connectivity index (χ1n) is 6.54. The van der Waals surface area contributed by atoms with Crippen molar-refractivity contribution in [1.82, 2.24) is 5.32 Å². The molecule has 4 nitrogen and oxygen atoms in total. The molecule has 1 heterocycles. The third-order valence-electron chi connectivity index (χ3n) is 2.98. The van der Waals surface area contributed by atoms with E-state index in [9.17, 15) is 9.59 Å². The van der Waals surface area contributed by atoms with Crippen LogP contribution < -0.4 is 5.32 Å². The molecule has 1 aromatic rings. The van der Waals surface area contributed by atoms with Gasteiger partial charge in [0.2, 0.25) is 5.91 Å². The van der Waals surface area contributed by atoms with Crippen molar-refractivity contribution in [3.63, 3.8) is 0 Å². The fraction of sp³-hybridized carbons (Fsp3) is 0.571. The number of hydrogen-bond acceptors (Lipinski definition) is 4. The van der Waals surface area contributed by atoms with Crippen molar-refractivity contribution in [1.29, 1.82) is 0 Å². The number of carbonyl (C=O) groups excluding carboxylic acids is 1. The van der Waals surface area contributed by atoms with Crippen LogP contribution in [-0.2, 0) is 9.59 Å². The molecular weight excluding hydrogens is 294 g/mol. The molecule has 6 heteroatoms. The minimum Gasteiger partial charge on any atom is -0.481 e. The van der Waals surface area contributed by atoms with E-state index in [2.05, 4.69) is 5.32 Å². The summed E-state index contributed by atoms with van der Waals surface area (Å²) >= 11 is 3.17. The van der Waals surface area contributed by atoms with Crippen LogP contribution in [0.3, 0.4) is 0 Å². The average Bonchev–Trinajstić information content (AvgIpc) is 2.87. The molecule has 0 spiro atoms. The van der Waals surface area contributed by atoms with E-state index in [4.69, 9.17) is 5.11 Å². The minimum absolute atomic E-state index is 0.0254. The predicted octanol–water partition coefficient (Wildman–Crippen LogP) is 3.24. The third kappa shape index (κ3) is 7.55. The summed E-state index contributed by atoms with van der Waals surface area (Å²) in [6, 6.07) is 3.97. The largest absolute Gasteiger partial charge is 0.481 e. The van der Waals surface area contributed by atoms with Crippen LogP contribution in [0.5, 0.6) is 0 Å². The van der Waals surface area contributed by atoms with Gasteiger partial charge in [-0.15, -0.1) is 23.1 Å². The molecule has 20 heavy (non-hydrogen) atoms. The maximum absolute atomic E-state index is 11.7. The van der Waals surface area contributed by atoms with Crippen molar-refractivity contribution in [2.45, 2.75) is 37.3 Å². The van der Waals surface area contributed by atoms with Gasteiger partial charge in [-0.3, -0.25) is 9.59 Å². The highest BCUT2D eigenvalue weighted by molar-refractivity contribution is 8.01. The highest BCUT2D eigenvalue weighted by Gasteiger charge is 2.19. The standard InChI is InChI=1S/C14H21NO3S2/c1-14(2,6-5-12(17)18)7-8-15-11(16)10-20-13-4-3-9-19-13/h3-4,9H,5-8,10H2,1-2H3,(H,15,16)(H,17,18). The minimum atomic E-state index is -0.769. The first-order chi connectivity index (χ1) is 9.39. The number of thiophene rings is 1. The molecule has 0 aliphatic carbocycles. The molecule has 0 saturated heterocycles. The van der Waals surface area contributed by atoms with Crippen LogP contribution in [-0.4, -0.2) is 29.3 Å². The monoisotopic (exact) mass is 315 g/mol. The molecule has 1 amide bonds. The highest BCUT2D eigenvalue weighted by Crippen LogP contribution is 2.26. The molecule has 0 aliphatic rings. The quantitative estimate of drug-likeness (QED) is 0.687. The summed E-state index contributed by atoms with van der Waals surface area (Å²) in [5.74, 6) is -0.317. The van der Waals surface area contributed by atoms with Crippen molar-refractivity contribution in [3.05, 3.63) is 17.5 Å². The molecule has 1 rings (SSSR count). The number of carboxylic acid groups (broad SMARTS) is 1. The predicted molar refractivity (Wildman–Crippen MR) is 83.3 cm³/mol. The molecule has 0 unspecified atom stereocenters. The lowest BCUT2D eigenvalue weighted by Crippen LogP contribution is -2.29. The maximum Gasteiger partial charge on any atom is 0.303 e. The Bertz CT molecular complexity index is 430. The van der Waals surface area contributed by atoms with Crippen LogP contribution in [0.2, 0.25) is 0 Å². The summed E-state index contributed by atoms with van der Waals surface area (Å²) in [6.45, 7) is 4.65. The Morgan fingerprint density at radius 3 is 2.75 bits per heavy atom. The van der Waals surface area contributed by atoms with Gasteiger partial charge in [-0.25, -0.2) is 0 Å². The molecule has 0 bridgehead atoms. The molecule has 2 N–H and O–H groups in total. The summed E-state index contributed by atoms with van der Waals surface area (Å²) in [5.41, 5.74) is -0.0629. The van der Waals surface area contributed by atoms with Gasteiger partial charge < -0.3 is 10.4 Å². The van der Waals surface area contributed by atoms with Gasteiger partial charge in [0.05, 0.1) is 9.96 Å². The average molecular weight is 315 g/mol. The number of nitrogens with one attached hydrogen (secondary N) is 1. The zero-order valence-electron chi connectivity index (χ0n) is 11.8. The number of carboxylic acids is 1. The maximum atomic E-state index is 11.7. The normalized spacial score (nSPS) is 11.3. The molecule has 0 aliphatic heterocycles. The summed E-state index contributed by atoms with van der Waals surface area (Å²) < 4.78 is 1.14. The van der Waals surface area contributed by atoms with Crippen molar-refractivity contribution >= 4 is 35.0 Å². The van der Waals surface area contributed by atoms with E-state index in [0.717, 1.165) is 10.6 Å². The van der Waals surface area contributed by atoms with Gasteiger partial charge in [0.15, 0.2) is 0 Å². The Kier molecular flexibility index (Phi) is 7.09. The Balaban J connectivity index is 2.15. The van der Waals surface area contributed by atoms with E-state index in [0.29, 0.717) is 18.7 Å². The van der Waals surface area contributed by atoms with E-state index in [-0.39, 0.29) is 17.7 Å². The fourth-order valence-electron chi connectivity index (χ4n) is 1.64. The van der Waals surface area contributed by atoms with Gasteiger partial charge >= 0.3 is 5.97 Å². The lowest BCUT2D eigenvalue weighted by molar-refractivity contribution is -0.137. The zero-order valence-corrected chi connectivity index (χ0v) is 13.5. The summed E-state index contributed by atoms with van der Waals surface area (Å²) in [6.07, 6.45) is 1.59. The molecule has 0 saturated carbocycles. The zero-order chi connectivity index (χ0) is 15.0. The van der Waals surface area contributed by atoms with Gasteiger partial charge in [0.1, 0.15) is 0 Å². The molecule has 0 atom stereocenters. The van der Waals surface area contributed by atoms with E-state index >= 15 is 0 Å². The molecule has 0 radical (unpaired) electrons. The van der Waals surface area contributed by atoms with Gasteiger partial charge in [-0.05, 0) is 29.7 Å². The van der Waals surface area contributed by atoms with Crippen LogP contribution in [0.15, 0.2) is 21.7 Å². The van der Waals surface area contributed by atoms with Gasteiger partial charge in [0, 0.05) is 13.0 Å². The van der Waals surface area contributed by atoms with Crippen molar-refractivity contribution in [2.75, 3.05) is 12.3 Å². The Hall–Kier alpha value is -1.01. The number of hydrogen-bond donors (Lipinski definition) is 2. The second kappa shape index (κ2) is 8.32. The SMILES string of the molecule is CC(C)(CCNC(=O)CSc1cccs1)CCC(=O)O. The van der Waals surface area contributed by atoms with Gasteiger partial charge in [-0.2, -0.15) is 0 Å². The van der Waals surface area contributed by atoms with Crippen molar-refractivity contribution in [3.8, 4) is 0 Å². The van der Waals surface area contributed by atoms with Crippen LogP contribution in [0.1, 0.15) is 33.1 Å². The van der Waals surface area contributed by atoms with E-state index in [1.807, 2.05) is 31.4 Å². The molecular formula is C14H21NO3S2. The topological polar surface area (TPSA) is 66.4 Å². The molecule has 112 valence electrons. The van der Waals surface area contributed by atoms with E-state index < -0.39 is 5.97 Å². The van der Waals surface area contributed by atoms with Crippen LogP contribution in [0.25, 0.3) is 0 Å². The highest BCUT2D eigenvalue weighted by atomic mass is 32.2. The molecule has 1 aromatic heterocycles. The molecule has 0 fully saturated rings. The van der Waals surface area contributed by atoms with Crippen LogP contribution in [0, 0.1) is 5.41 Å². The van der Waals surface area contributed by atoms with Crippen LogP contribution >= 0.6 is 23.1 Å². The van der Waals surface area contributed by atoms with Crippen molar-refractivity contribution in [2.24, 2.45) is 5.41 Å². The Morgan fingerprint density at radius 2 is 2.15 bits per heavy atom. The smallest absolute Gasteiger partial charge is 0.303 e. The lowest BCUT2D eigenvalue weighted by atomic mass is 9.84. The van der Waals surface area contributed by atoms with Gasteiger partial charge in [-0.1, -0.05) is 19.9 Å². The fourth-order valence-corrected chi connectivity index (χ4v) is 3.26. The first kappa shape index (κ1) is 17.0. The summed E-state index contributed by atoms with van der Waals surface area (Å²) in [4.78, 5) is 22.2. The number of rotatable bonds is 9. The summed E-state index contributed by atoms with van der Waals surface area (Å²) in [5, 5.41) is 13.6. The number of aliphatic carboxylic acids is 1. The second-order valence-electron chi connectivity index (χ2n) is 5.38. The summed E-state index contributed by atoms with van der Waals surface area (Å²) in [7, 11) is 0. The Morgan fingerprint density at radius 1 is 1.40 bits per heavy atom. The molecule has 0 aromatic carbocycles. The number of thioether (sulfide) groups is 1. The first-order valence-corrected chi connectivity index (χ1v) is 8.40. The second-order valence-corrected chi connectivity index (χ2v) is 7.60. The third-order valence-corrected chi connectivity index (χ3v) is 5.11. The van der Waals surface area contributed by atoms with Crippen LogP contribution in [0.4, 0.5) is 0 Å². The Labute approximate surface area is 128 Å². The number of amides is 1. The number of carbonyl (C=O) groups is 2. The van der Waals surface area contributed by atoms with E-state index in [1.165, 1.54) is 11.8 Å². The van der Waals surface area contributed by atoms with E-state index in [1.54, 1.807) is 11.3 Å². The lowest BCUT2D eigenvalue weighted by Gasteiger charge is -2.23. The van der Waals surface area contributed by atoms with Crippen molar-refractivity contribution < 1.29 is 14.7 Å². The van der Waals surface area contributed by atoms with Gasteiger partial charge in [0.25, 0.3) is 0 Å².